The van der Waals surface area contributed by atoms with Crippen molar-refractivity contribution in [2.24, 2.45) is 23.7 Å². The maximum atomic E-state index is 12.1. The lowest BCUT2D eigenvalue weighted by Gasteiger charge is -2.24. The van der Waals surface area contributed by atoms with Crippen molar-refractivity contribution in [1.82, 2.24) is 5.32 Å². The van der Waals surface area contributed by atoms with Gasteiger partial charge >= 0.3 is 5.97 Å². The largest absolute Gasteiger partial charge is 0.481 e. The van der Waals surface area contributed by atoms with Crippen LogP contribution in [0, 0.1) is 23.7 Å². The van der Waals surface area contributed by atoms with Gasteiger partial charge in [-0.1, -0.05) is 12.2 Å². The van der Waals surface area contributed by atoms with E-state index in [0.29, 0.717) is 6.54 Å². The molecule has 0 aromatic carbocycles. The molecule has 1 amide bonds. The number of carboxylic acids is 1. The van der Waals surface area contributed by atoms with Gasteiger partial charge in [0.25, 0.3) is 0 Å². The molecular formula is C13H19NO4. The quantitative estimate of drug-likeness (QED) is 0.706. The number of hydrogen-bond donors (Lipinski definition) is 2. The molecule has 5 atom stereocenters. The lowest BCUT2D eigenvalue weighted by atomic mass is 9.82. The predicted molar refractivity (Wildman–Crippen MR) is 64.8 cm³/mol. The van der Waals surface area contributed by atoms with Gasteiger partial charge in [0.1, 0.15) is 0 Å². The van der Waals surface area contributed by atoms with Crippen molar-refractivity contribution in [2.75, 3.05) is 13.7 Å². The van der Waals surface area contributed by atoms with Crippen molar-refractivity contribution >= 4 is 11.9 Å². The minimum Gasteiger partial charge on any atom is -0.481 e. The van der Waals surface area contributed by atoms with Crippen molar-refractivity contribution in [1.29, 1.82) is 0 Å². The zero-order valence-corrected chi connectivity index (χ0v) is 10.6. The Morgan fingerprint density at radius 2 is 2.00 bits per heavy atom. The summed E-state index contributed by atoms with van der Waals surface area (Å²) >= 11 is 0. The Balaban J connectivity index is 2.01. The number of methoxy groups -OCH3 is 1. The summed E-state index contributed by atoms with van der Waals surface area (Å²) in [4.78, 5) is 23.4. The van der Waals surface area contributed by atoms with E-state index < -0.39 is 17.8 Å². The first kappa shape index (κ1) is 13.1. The number of fused-ring (bicyclic) bond motifs is 2. The highest BCUT2D eigenvalue weighted by Crippen LogP contribution is 2.48. The Hall–Kier alpha value is -1.36. The number of rotatable bonds is 5. The molecule has 0 spiro atoms. The lowest BCUT2D eigenvalue weighted by Crippen LogP contribution is -2.42. The molecule has 3 unspecified atom stereocenters. The summed E-state index contributed by atoms with van der Waals surface area (Å²) < 4.78 is 5.05. The van der Waals surface area contributed by atoms with E-state index in [1.165, 1.54) is 0 Å². The molecule has 18 heavy (non-hydrogen) atoms. The van der Waals surface area contributed by atoms with Gasteiger partial charge in [0, 0.05) is 13.7 Å². The monoisotopic (exact) mass is 253 g/mol. The van der Waals surface area contributed by atoms with Crippen LogP contribution in [-0.4, -0.2) is 36.7 Å². The Morgan fingerprint density at radius 1 is 1.39 bits per heavy atom. The van der Waals surface area contributed by atoms with E-state index in [1.54, 1.807) is 7.11 Å². The number of allylic oxidation sites excluding steroid dienone is 2. The van der Waals surface area contributed by atoms with Crippen LogP contribution in [0.4, 0.5) is 0 Å². The smallest absolute Gasteiger partial charge is 0.307 e. The van der Waals surface area contributed by atoms with E-state index >= 15 is 0 Å². The fourth-order valence-electron chi connectivity index (χ4n) is 2.96. The molecule has 1 saturated carbocycles. The second kappa shape index (κ2) is 5.10. The predicted octanol–water partition coefficient (Wildman–Crippen LogP) is 0.660. The molecule has 2 aliphatic carbocycles. The van der Waals surface area contributed by atoms with Crippen molar-refractivity contribution in [3.63, 3.8) is 0 Å². The first-order chi connectivity index (χ1) is 8.54. The van der Waals surface area contributed by atoms with E-state index in [9.17, 15) is 14.7 Å². The van der Waals surface area contributed by atoms with Crippen LogP contribution in [-0.2, 0) is 14.3 Å². The Bertz CT molecular complexity index is 379. The summed E-state index contributed by atoms with van der Waals surface area (Å²) in [6.07, 6.45) is 4.64. The van der Waals surface area contributed by atoms with Crippen LogP contribution >= 0.6 is 0 Å². The summed E-state index contributed by atoms with van der Waals surface area (Å²) in [5, 5.41) is 12.0. The molecule has 2 N–H and O–H groups in total. The number of aliphatic carboxylic acids is 1. The average Bonchev–Trinajstić information content (AvgIpc) is 2.95. The molecule has 2 bridgehead atoms. The van der Waals surface area contributed by atoms with Gasteiger partial charge in [-0.05, 0) is 25.2 Å². The number of carboxylic acid groups (broad SMARTS) is 1. The van der Waals surface area contributed by atoms with E-state index in [1.807, 2.05) is 19.1 Å². The standard InChI is InChI=1S/C13H19NO4/c1-7(18-2)6-14-12(15)10-8-3-4-9(5-8)11(10)13(16)17/h3-4,7-11H,5-6H2,1-2H3,(H,14,15)(H,16,17)/t7?,8?,9?,10-,11+/m0/s1. The summed E-state index contributed by atoms with van der Waals surface area (Å²) in [5.41, 5.74) is 0. The zero-order valence-electron chi connectivity index (χ0n) is 10.6. The summed E-state index contributed by atoms with van der Waals surface area (Å²) in [6.45, 7) is 2.27. The molecule has 2 rings (SSSR count). The molecule has 0 aromatic rings. The van der Waals surface area contributed by atoms with Gasteiger partial charge in [0.15, 0.2) is 0 Å². The molecule has 0 aliphatic heterocycles. The molecule has 0 saturated heterocycles. The maximum Gasteiger partial charge on any atom is 0.307 e. The van der Waals surface area contributed by atoms with Gasteiger partial charge in [0.05, 0.1) is 17.9 Å². The van der Waals surface area contributed by atoms with E-state index in [-0.39, 0.29) is 23.8 Å². The van der Waals surface area contributed by atoms with Crippen molar-refractivity contribution in [3.05, 3.63) is 12.2 Å². The highest BCUT2D eigenvalue weighted by atomic mass is 16.5. The van der Waals surface area contributed by atoms with Crippen molar-refractivity contribution in [3.8, 4) is 0 Å². The van der Waals surface area contributed by atoms with E-state index in [2.05, 4.69) is 5.32 Å². The molecule has 5 nitrogen and oxygen atoms in total. The van der Waals surface area contributed by atoms with Gasteiger partial charge in [0.2, 0.25) is 5.91 Å². The van der Waals surface area contributed by atoms with Crippen molar-refractivity contribution in [2.45, 2.75) is 19.4 Å². The molecule has 0 radical (unpaired) electrons. The second-order valence-corrected chi connectivity index (χ2v) is 5.13. The number of amides is 1. The number of carbonyl (C=O) groups excluding carboxylic acids is 1. The third kappa shape index (κ3) is 2.27. The molecule has 1 fully saturated rings. The van der Waals surface area contributed by atoms with Crippen LogP contribution < -0.4 is 5.32 Å². The van der Waals surface area contributed by atoms with Gasteiger partial charge in [-0.3, -0.25) is 9.59 Å². The minimum absolute atomic E-state index is 0.0168. The highest BCUT2D eigenvalue weighted by Gasteiger charge is 2.51. The third-order valence-electron chi connectivity index (χ3n) is 4.01. The third-order valence-corrected chi connectivity index (χ3v) is 4.01. The summed E-state index contributed by atoms with van der Waals surface area (Å²) in [5.74, 6) is -1.94. The lowest BCUT2D eigenvalue weighted by molar-refractivity contribution is -0.147. The van der Waals surface area contributed by atoms with Crippen LogP contribution in [0.5, 0.6) is 0 Å². The van der Waals surface area contributed by atoms with Gasteiger partial charge in [-0.2, -0.15) is 0 Å². The first-order valence-corrected chi connectivity index (χ1v) is 6.26. The van der Waals surface area contributed by atoms with Crippen LogP contribution in [0.3, 0.4) is 0 Å². The van der Waals surface area contributed by atoms with Crippen LogP contribution in [0.25, 0.3) is 0 Å². The molecule has 5 heteroatoms. The fourth-order valence-corrected chi connectivity index (χ4v) is 2.96. The number of hydrogen-bond acceptors (Lipinski definition) is 3. The second-order valence-electron chi connectivity index (χ2n) is 5.13. The Labute approximate surface area is 106 Å². The average molecular weight is 253 g/mol. The van der Waals surface area contributed by atoms with E-state index in [0.717, 1.165) is 6.42 Å². The summed E-state index contributed by atoms with van der Waals surface area (Å²) in [6, 6.07) is 0. The van der Waals surface area contributed by atoms with Crippen LogP contribution in [0.2, 0.25) is 0 Å². The van der Waals surface area contributed by atoms with Crippen LogP contribution in [0.15, 0.2) is 12.2 Å². The number of carbonyl (C=O) groups is 2. The van der Waals surface area contributed by atoms with Gasteiger partial charge in [-0.25, -0.2) is 0 Å². The zero-order chi connectivity index (χ0) is 13.3. The molecule has 0 heterocycles. The maximum absolute atomic E-state index is 12.1. The van der Waals surface area contributed by atoms with Crippen LogP contribution in [0.1, 0.15) is 13.3 Å². The van der Waals surface area contributed by atoms with Crippen molar-refractivity contribution < 1.29 is 19.4 Å². The van der Waals surface area contributed by atoms with Gasteiger partial charge in [-0.15, -0.1) is 0 Å². The SMILES string of the molecule is COC(C)CNC(=O)[C@H]1C2C=CC(C2)[C@H]1C(=O)O. The van der Waals surface area contributed by atoms with E-state index in [4.69, 9.17) is 4.74 Å². The minimum atomic E-state index is -0.869. The first-order valence-electron chi connectivity index (χ1n) is 6.26. The molecular weight excluding hydrogens is 234 g/mol. The molecule has 100 valence electrons. The summed E-state index contributed by atoms with van der Waals surface area (Å²) in [7, 11) is 1.58. The Kier molecular flexibility index (Phi) is 3.71. The number of nitrogens with one attached hydrogen (secondary N) is 1. The normalized spacial score (nSPS) is 34.6. The highest BCUT2D eigenvalue weighted by molar-refractivity contribution is 5.86. The molecule has 2 aliphatic rings. The molecule has 0 aromatic heterocycles. The topological polar surface area (TPSA) is 75.6 Å². The number of ether oxygens (including phenoxy) is 1. The Morgan fingerprint density at radius 3 is 2.56 bits per heavy atom. The van der Waals surface area contributed by atoms with Gasteiger partial charge < -0.3 is 15.2 Å². The fraction of sp³-hybridized carbons (Fsp3) is 0.692.